The number of halogens is 2. The van der Waals surface area contributed by atoms with Gasteiger partial charge in [0.1, 0.15) is 0 Å². The molecule has 0 amide bonds. The quantitative estimate of drug-likeness (QED) is 0.135. The van der Waals surface area contributed by atoms with Crippen LogP contribution in [-0.4, -0.2) is 41.7 Å². The van der Waals surface area contributed by atoms with Crippen LogP contribution in [0.5, 0.6) is 0 Å². The Labute approximate surface area is 284 Å². The van der Waals surface area contributed by atoms with Crippen molar-refractivity contribution in [3.05, 3.63) is 76.9 Å². The number of anilines is 3. The number of para-hydroxylation sites is 1. The van der Waals surface area contributed by atoms with Gasteiger partial charge in [-0.15, -0.1) is 11.6 Å². The molecule has 0 bridgehead atoms. The largest absolute Gasteiger partial charge is 0.130 e. The Morgan fingerprint density at radius 1 is 1.02 bits per heavy atom. The Morgan fingerprint density at radius 3 is 2.20 bits per heavy atom. The Kier molecular flexibility index (Phi) is 11.7. The summed E-state index contributed by atoms with van der Waals surface area (Å²) in [5.41, 5.74) is 8.78. The number of nitrogens with one attached hydrogen (secondary N) is 1. The molecule has 7 rings (SSSR count). The number of benzene rings is 2. The topological polar surface area (TPSA) is 41.1 Å². The SMILES string of the molecule is C/C=C\C(CCC)N(CC1CC12CCI2C)c1nc2c3c(c4c(c2nc1Nc1ccccc1)C=CCC4)CCC=C3.CC.CCl. The minimum absolute atomic E-state index is 0.314. The summed E-state index contributed by atoms with van der Waals surface area (Å²) >= 11 is 3.86. The van der Waals surface area contributed by atoms with E-state index in [-0.39, 0.29) is 0 Å². The fourth-order valence-corrected chi connectivity index (χ4v) is 13.4. The van der Waals surface area contributed by atoms with Crippen LogP contribution >= 0.6 is 31.4 Å². The first-order valence-electron chi connectivity index (χ1n) is 17.0. The van der Waals surface area contributed by atoms with E-state index in [1.165, 1.54) is 41.5 Å². The van der Waals surface area contributed by atoms with Crippen LogP contribution < -0.4 is 10.2 Å². The molecular weight excluding hydrogens is 687 g/mol. The molecular formula is C39H52ClIN4. The summed E-state index contributed by atoms with van der Waals surface area (Å²) in [6, 6.07) is 10.9. The second-order valence-corrected chi connectivity index (χ2v) is 18.8. The van der Waals surface area contributed by atoms with Crippen LogP contribution in [0.25, 0.3) is 23.2 Å². The third-order valence-corrected chi connectivity index (χ3v) is 17.5. The summed E-state index contributed by atoms with van der Waals surface area (Å²) in [7, 11) is 0. The molecule has 1 aliphatic heterocycles. The molecule has 242 valence electrons. The van der Waals surface area contributed by atoms with Crippen molar-refractivity contribution in [2.75, 3.05) is 32.5 Å². The first-order valence-corrected chi connectivity index (χ1v) is 22.5. The second kappa shape index (κ2) is 15.5. The standard InChI is InChI=1S/C36H43IN4.C2H6.CH3Cl/c1-4-13-27(14-5-2)41(24-25-23-36(25)21-22-37(36)3)35-34(38-26-15-7-6-8-16-26)39-32-30-19-11-9-17-28(30)29-18-10-12-20-31(29)33(32)40-35;2*1-2/h4,6-8,11-13,15-16,19-20,25,27H,5,9-10,14,17-18,21-24H2,1-3H3,(H,38,39);1-2H3;1H3/b13-4-;;. The van der Waals surface area contributed by atoms with Gasteiger partial charge in [0.15, 0.2) is 0 Å². The van der Waals surface area contributed by atoms with Crippen molar-refractivity contribution in [2.24, 2.45) is 5.92 Å². The van der Waals surface area contributed by atoms with Gasteiger partial charge in [0, 0.05) is 6.38 Å². The van der Waals surface area contributed by atoms with E-state index in [9.17, 15) is 0 Å². The van der Waals surface area contributed by atoms with Crippen molar-refractivity contribution in [1.29, 1.82) is 0 Å². The number of nitrogens with zero attached hydrogens (tertiary/aromatic N) is 3. The average molecular weight is 739 g/mol. The van der Waals surface area contributed by atoms with Gasteiger partial charge in [-0.2, -0.15) is 0 Å². The molecule has 0 radical (unpaired) electrons. The van der Waals surface area contributed by atoms with Crippen LogP contribution in [-0.2, 0) is 12.8 Å². The predicted molar refractivity (Wildman–Crippen MR) is 208 cm³/mol. The Morgan fingerprint density at radius 2 is 1.67 bits per heavy atom. The fraction of sp³-hybridized carbons (Fsp3) is 0.487. The fourth-order valence-electron chi connectivity index (χ4n) is 7.44. The minimum atomic E-state index is -0.779. The Bertz CT molecular complexity index is 1550. The molecule has 1 spiro atoms. The zero-order chi connectivity index (χ0) is 32.0. The molecule has 3 atom stereocenters. The van der Waals surface area contributed by atoms with Gasteiger partial charge in [0.25, 0.3) is 0 Å². The number of fused-ring (bicyclic) bond motifs is 6. The van der Waals surface area contributed by atoms with Gasteiger partial charge < -0.3 is 0 Å². The first kappa shape index (κ1) is 34.0. The first-order chi connectivity index (χ1) is 22.1. The number of alkyl halides is 4. The summed E-state index contributed by atoms with van der Waals surface area (Å²) in [6.45, 7) is 9.56. The molecule has 1 N–H and O–H groups in total. The molecule has 2 fully saturated rings. The summed E-state index contributed by atoms with van der Waals surface area (Å²) in [4.78, 5) is 16.5. The normalized spacial score (nSPS) is 22.0. The van der Waals surface area contributed by atoms with Crippen molar-refractivity contribution in [2.45, 2.75) is 88.5 Å². The summed E-state index contributed by atoms with van der Waals surface area (Å²) in [5.74, 6) is 2.72. The Balaban J connectivity index is 0.000000963. The zero-order valence-electron chi connectivity index (χ0n) is 28.2. The summed E-state index contributed by atoms with van der Waals surface area (Å²) in [5, 5.41) is 3.75. The van der Waals surface area contributed by atoms with Crippen molar-refractivity contribution in [3.8, 4) is 0 Å². The molecule has 1 saturated heterocycles. The molecule has 3 unspecified atom stereocenters. The molecule has 4 aliphatic rings. The van der Waals surface area contributed by atoms with Crippen LogP contribution in [0.15, 0.2) is 54.6 Å². The van der Waals surface area contributed by atoms with E-state index in [4.69, 9.17) is 9.97 Å². The maximum absolute atomic E-state index is 5.66. The molecule has 2 aromatic carbocycles. The van der Waals surface area contributed by atoms with Gasteiger partial charge in [-0.05, 0) is 0 Å². The number of aromatic nitrogens is 2. The molecule has 1 aromatic heterocycles. The van der Waals surface area contributed by atoms with Gasteiger partial charge >= 0.3 is 254 Å². The molecule has 3 aromatic rings. The van der Waals surface area contributed by atoms with Gasteiger partial charge in [-0.25, -0.2) is 0 Å². The molecule has 45 heavy (non-hydrogen) atoms. The molecule has 1 saturated carbocycles. The summed E-state index contributed by atoms with van der Waals surface area (Å²) < 4.78 is 2.26. The van der Waals surface area contributed by atoms with E-state index in [1.54, 1.807) is 4.43 Å². The van der Waals surface area contributed by atoms with Crippen LogP contribution in [0, 0.1) is 5.92 Å². The third-order valence-electron chi connectivity index (χ3n) is 9.81. The number of hydrogen-bond acceptors (Lipinski definition) is 4. The van der Waals surface area contributed by atoms with Crippen molar-refractivity contribution in [3.63, 3.8) is 0 Å². The molecule has 3 aliphatic carbocycles. The van der Waals surface area contributed by atoms with Gasteiger partial charge in [0.2, 0.25) is 0 Å². The summed E-state index contributed by atoms with van der Waals surface area (Å²) in [6.07, 6.45) is 25.0. The van der Waals surface area contributed by atoms with Crippen LogP contribution in [0.3, 0.4) is 0 Å². The van der Waals surface area contributed by atoms with Crippen molar-refractivity contribution < 1.29 is 0 Å². The van der Waals surface area contributed by atoms with E-state index in [2.05, 4.69) is 107 Å². The molecule has 6 heteroatoms. The van der Waals surface area contributed by atoms with Crippen LogP contribution in [0.1, 0.15) is 88.5 Å². The molecule has 4 nitrogen and oxygen atoms in total. The molecule has 2 heterocycles. The van der Waals surface area contributed by atoms with Gasteiger partial charge in [-0.1, -0.05) is 13.8 Å². The average Bonchev–Trinajstić information content (AvgIpc) is 3.86. The number of hydrogen-bond donors (Lipinski definition) is 1. The predicted octanol–water partition coefficient (Wildman–Crippen LogP) is 11.0. The van der Waals surface area contributed by atoms with Crippen LogP contribution in [0.4, 0.5) is 17.3 Å². The number of rotatable bonds is 9. The van der Waals surface area contributed by atoms with Crippen LogP contribution in [0.2, 0.25) is 0 Å². The van der Waals surface area contributed by atoms with E-state index in [0.717, 1.165) is 82.8 Å². The van der Waals surface area contributed by atoms with E-state index in [0.29, 0.717) is 6.04 Å². The van der Waals surface area contributed by atoms with Gasteiger partial charge in [0.05, 0.1) is 0 Å². The zero-order valence-corrected chi connectivity index (χ0v) is 31.1. The van der Waals surface area contributed by atoms with Crippen molar-refractivity contribution in [1.82, 2.24) is 9.97 Å². The Hall–Kier alpha value is -2.38. The van der Waals surface area contributed by atoms with E-state index >= 15 is 0 Å². The smallest absolute Gasteiger partial charge is 0.0108 e. The van der Waals surface area contributed by atoms with E-state index < -0.39 is 19.8 Å². The maximum atomic E-state index is 5.66. The van der Waals surface area contributed by atoms with E-state index in [1.807, 2.05) is 13.8 Å². The number of allylic oxidation sites excluding steroid dienone is 3. The van der Waals surface area contributed by atoms with Gasteiger partial charge in [-0.3, -0.25) is 0 Å². The second-order valence-electron chi connectivity index (χ2n) is 12.2. The van der Waals surface area contributed by atoms with Crippen molar-refractivity contribution >= 4 is 71.9 Å². The monoisotopic (exact) mass is 738 g/mol. The maximum Gasteiger partial charge on any atom is 0.0108 e. The minimum Gasteiger partial charge on any atom is -0.130 e. The third kappa shape index (κ3) is 6.72.